The van der Waals surface area contributed by atoms with Crippen molar-refractivity contribution in [2.75, 3.05) is 13.1 Å². The van der Waals surface area contributed by atoms with Crippen LogP contribution in [-0.4, -0.2) is 25.1 Å². The summed E-state index contributed by atoms with van der Waals surface area (Å²) in [6.07, 6.45) is 1.37. The molecule has 0 radical (unpaired) electrons. The van der Waals surface area contributed by atoms with Gasteiger partial charge in [-0.1, -0.05) is 28.1 Å². The predicted octanol–water partition coefficient (Wildman–Crippen LogP) is 1.40. The zero-order chi connectivity index (χ0) is 12.1. The highest BCUT2D eigenvalue weighted by Gasteiger charge is 2.16. The van der Waals surface area contributed by atoms with Gasteiger partial charge in [-0.25, -0.2) is 5.48 Å². The van der Waals surface area contributed by atoms with Gasteiger partial charge in [-0.2, -0.15) is 0 Å². The summed E-state index contributed by atoms with van der Waals surface area (Å²) in [7, 11) is 0. The van der Waals surface area contributed by atoms with Gasteiger partial charge in [0.1, 0.15) is 0 Å². The molecular formula is C12H15BrN2O2. The minimum Gasteiger partial charge on any atom is -0.314 e. The molecule has 1 fully saturated rings. The van der Waals surface area contributed by atoms with Crippen LogP contribution in [0.25, 0.3) is 0 Å². The highest BCUT2D eigenvalue weighted by atomic mass is 79.9. The van der Waals surface area contributed by atoms with Crippen molar-refractivity contribution in [3.63, 3.8) is 0 Å². The molecule has 1 aromatic rings. The zero-order valence-electron chi connectivity index (χ0n) is 9.41. The Hall–Kier alpha value is -0.910. The van der Waals surface area contributed by atoms with E-state index in [4.69, 9.17) is 4.84 Å². The van der Waals surface area contributed by atoms with Crippen molar-refractivity contribution in [2.24, 2.45) is 0 Å². The van der Waals surface area contributed by atoms with Crippen molar-refractivity contribution in [2.45, 2.75) is 18.9 Å². The van der Waals surface area contributed by atoms with Crippen LogP contribution in [0.2, 0.25) is 0 Å². The third kappa shape index (κ3) is 4.11. The minimum absolute atomic E-state index is 0.0986. The van der Waals surface area contributed by atoms with E-state index in [9.17, 15) is 4.79 Å². The summed E-state index contributed by atoms with van der Waals surface area (Å²) in [5.41, 5.74) is 3.46. The smallest absolute Gasteiger partial charge is 0.247 e. The van der Waals surface area contributed by atoms with Crippen LogP contribution in [0.1, 0.15) is 12.0 Å². The first-order chi connectivity index (χ1) is 8.24. The van der Waals surface area contributed by atoms with Crippen molar-refractivity contribution < 1.29 is 9.63 Å². The molecule has 0 saturated carbocycles. The molecule has 0 aliphatic carbocycles. The molecule has 4 nitrogen and oxygen atoms in total. The maximum Gasteiger partial charge on any atom is 0.247 e. The summed E-state index contributed by atoms with van der Waals surface area (Å²) in [6.45, 7) is 1.75. The Kier molecular flexibility index (Phi) is 4.53. The van der Waals surface area contributed by atoms with E-state index in [1.807, 2.05) is 24.3 Å². The van der Waals surface area contributed by atoms with Crippen molar-refractivity contribution in [1.82, 2.24) is 10.8 Å². The van der Waals surface area contributed by atoms with Gasteiger partial charge in [-0.15, -0.1) is 0 Å². The summed E-state index contributed by atoms with van der Waals surface area (Å²) in [5, 5.41) is 3.17. The lowest BCUT2D eigenvalue weighted by atomic mass is 10.1. The molecule has 1 aromatic carbocycles. The zero-order valence-corrected chi connectivity index (χ0v) is 11.0. The van der Waals surface area contributed by atoms with E-state index in [2.05, 4.69) is 26.7 Å². The van der Waals surface area contributed by atoms with Gasteiger partial charge >= 0.3 is 0 Å². The molecule has 0 spiro atoms. The van der Waals surface area contributed by atoms with Crippen molar-refractivity contribution in [3.8, 4) is 0 Å². The maximum absolute atomic E-state index is 11.6. The lowest BCUT2D eigenvalue weighted by molar-refractivity contribution is -0.136. The van der Waals surface area contributed by atoms with Gasteiger partial charge in [0.15, 0.2) is 0 Å². The average molecular weight is 299 g/mol. The number of nitrogens with one attached hydrogen (secondary N) is 2. The molecule has 1 unspecified atom stereocenters. The molecular weight excluding hydrogens is 284 g/mol. The molecule has 0 bridgehead atoms. The second kappa shape index (κ2) is 6.14. The highest BCUT2D eigenvalue weighted by molar-refractivity contribution is 9.10. The quantitative estimate of drug-likeness (QED) is 0.826. The number of carbonyl (C=O) groups is 1. The van der Waals surface area contributed by atoms with Crippen LogP contribution in [0, 0.1) is 0 Å². The van der Waals surface area contributed by atoms with Gasteiger partial charge in [0.05, 0.1) is 12.5 Å². The number of halogens is 1. The molecule has 1 aliphatic rings. The first-order valence-electron chi connectivity index (χ1n) is 5.64. The van der Waals surface area contributed by atoms with E-state index in [0.717, 1.165) is 29.5 Å². The lowest BCUT2D eigenvalue weighted by Gasteiger charge is -2.10. The van der Waals surface area contributed by atoms with Crippen LogP contribution >= 0.6 is 15.9 Å². The Morgan fingerprint density at radius 1 is 1.59 bits per heavy atom. The van der Waals surface area contributed by atoms with Gasteiger partial charge in [-0.3, -0.25) is 9.63 Å². The number of hydrogen-bond donors (Lipinski definition) is 2. The Morgan fingerprint density at radius 2 is 2.47 bits per heavy atom. The Bertz CT molecular complexity index is 392. The molecule has 2 rings (SSSR count). The summed E-state index contributed by atoms with van der Waals surface area (Å²) >= 11 is 3.37. The van der Waals surface area contributed by atoms with E-state index < -0.39 is 0 Å². The second-order valence-electron chi connectivity index (χ2n) is 4.06. The van der Waals surface area contributed by atoms with E-state index in [1.165, 1.54) is 0 Å². The normalized spacial score (nSPS) is 19.2. The van der Waals surface area contributed by atoms with Crippen molar-refractivity contribution in [3.05, 3.63) is 34.3 Å². The topological polar surface area (TPSA) is 50.4 Å². The fourth-order valence-electron chi connectivity index (χ4n) is 1.75. The van der Waals surface area contributed by atoms with Crippen LogP contribution in [-0.2, 0) is 16.1 Å². The first-order valence-corrected chi connectivity index (χ1v) is 6.43. The van der Waals surface area contributed by atoms with Gasteiger partial charge < -0.3 is 5.32 Å². The van der Waals surface area contributed by atoms with E-state index >= 15 is 0 Å². The number of carbonyl (C=O) groups excluding carboxylic acids is 1. The number of hydroxylamine groups is 1. The van der Waals surface area contributed by atoms with Crippen LogP contribution < -0.4 is 10.8 Å². The third-order valence-corrected chi connectivity index (χ3v) is 3.10. The fraction of sp³-hybridized carbons (Fsp3) is 0.417. The molecule has 1 aliphatic heterocycles. The third-order valence-electron chi connectivity index (χ3n) is 2.61. The highest BCUT2D eigenvalue weighted by Crippen LogP contribution is 2.12. The number of amides is 1. The van der Waals surface area contributed by atoms with Crippen LogP contribution in [0.3, 0.4) is 0 Å². The maximum atomic E-state index is 11.6. The van der Waals surface area contributed by atoms with Crippen LogP contribution in [0.4, 0.5) is 0 Å². The summed E-state index contributed by atoms with van der Waals surface area (Å²) in [6, 6.07) is 7.69. The van der Waals surface area contributed by atoms with Gasteiger partial charge in [0.2, 0.25) is 5.91 Å². The summed E-state index contributed by atoms with van der Waals surface area (Å²) in [4.78, 5) is 16.9. The second-order valence-corrected chi connectivity index (χ2v) is 4.98. The fourth-order valence-corrected chi connectivity index (χ4v) is 2.19. The largest absolute Gasteiger partial charge is 0.314 e. The monoisotopic (exact) mass is 298 g/mol. The first kappa shape index (κ1) is 12.5. The number of rotatable bonds is 4. The van der Waals surface area contributed by atoms with Crippen molar-refractivity contribution in [1.29, 1.82) is 0 Å². The molecule has 5 heteroatoms. The standard InChI is InChI=1S/C12H15BrN2O2/c13-10-3-1-2-9(6-10)7-12(16)15-17-11-4-5-14-8-11/h1-3,6,11,14H,4-5,7-8H2,(H,15,16). The average Bonchev–Trinajstić information content (AvgIpc) is 2.79. The van der Waals surface area contributed by atoms with Gasteiger partial charge in [-0.05, 0) is 30.7 Å². The van der Waals surface area contributed by atoms with Crippen molar-refractivity contribution >= 4 is 21.8 Å². The minimum atomic E-state index is -0.116. The van der Waals surface area contributed by atoms with Crippen LogP contribution in [0.5, 0.6) is 0 Å². The van der Waals surface area contributed by atoms with E-state index in [-0.39, 0.29) is 12.0 Å². The summed E-state index contributed by atoms with van der Waals surface area (Å²) < 4.78 is 0.976. The molecule has 2 N–H and O–H groups in total. The Balaban J connectivity index is 1.76. The predicted molar refractivity (Wildman–Crippen MR) is 68.3 cm³/mol. The van der Waals surface area contributed by atoms with E-state index in [0.29, 0.717) is 6.42 Å². The molecule has 1 heterocycles. The van der Waals surface area contributed by atoms with E-state index in [1.54, 1.807) is 0 Å². The molecule has 1 atom stereocenters. The van der Waals surface area contributed by atoms with Gasteiger partial charge in [0.25, 0.3) is 0 Å². The Labute approximate surface area is 109 Å². The lowest BCUT2D eigenvalue weighted by Crippen LogP contribution is -2.31. The van der Waals surface area contributed by atoms with Gasteiger partial charge in [0, 0.05) is 11.0 Å². The SMILES string of the molecule is O=C(Cc1cccc(Br)c1)NOC1CCNC1. The molecule has 0 aromatic heterocycles. The summed E-state index contributed by atoms with van der Waals surface area (Å²) in [5.74, 6) is -0.116. The number of benzene rings is 1. The number of hydrogen-bond acceptors (Lipinski definition) is 3. The molecule has 1 saturated heterocycles. The molecule has 17 heavy (non-hydrogen) atoms. The molecule has 1 amide bonds. The molecule has 92 valence electrons. The van der Waals surface area contributed by atoms with Crippen LogP contribution in [0.15, 0.2) is 28.7 Å². The Morgan fingerprint density at radius 3 is 3.18 bits per heavy atom.